The number of allylic oxidation sites excluding steroid dienone is 1. The lowest BCUT2D eigenvalue weighted by atomic mass is 10.0. The zero-order valence-corrected chi connectivity index (χ0v) is 19.4. The summed E-state index contributed by atoms with van der Waals surface area (Å²) >= 11 is 0. The van der Waals surface area contributed by atoms with Gasteiger partial charge in [-0.3, -0.25) is 9.69 Å². The van der Waals surface area contributed by atoms with Crippen LogP contribution >= 0.6 is 0 Å². The highest BCUT2D eigenvalue weighted by Gasteiger charge is 2.32. The third kappa shape index (κ3) is 4.53. The van der Waals surface area contributed by atoms with Crippen molar-refractivity contribution in [3.63, 3.8) is 0 Å². The van der Waals surface area contributed by atoms with Crippen LogP contribution in [-0.4, -0.2) is 50.2 Å². The minimum atomic E-state index is -0.240. The van der Waals surface area contributed by atoms with Crippen LogP contribution in [0, 0.1) is 0 Å². The maximum atomic E-state index is 13.1. The van der Waals surface area contributed by atoms with Crippen molar-refractivity contribution >= 4 is 11.9 Å². The molecule has 2 aromatic rings. The summed E-state index contributed by atoms with van der Waals surface area (Å²) in [5.41, 5.74) is 1.68. The van der Waals surface area contributed by atoms with Crippen LogP contribution < -0.4 is 18.9 Å². The fraction of sp³-hybridized carbons (Fsp3) is 0.400. The van der Waals surface area contributed by atoms with Crippen molar-refractivity contribution in [2.45, 2.75) is 33.2 Å². The van der Waals surface area contributed by atoms with Gasteiger partial charge in [0.15, 0.2) is 17.3 Å². The first-order chi connectivity index (χ1) is 15.5. The number of phenolic OH excluding ortho intramolecular Hbond substituents is 1. The maximum absolute atomic E-state index is 13.1. The minimum absolute atomic E-state index is 0.124. The molecule has 7 nitrogen and oxygen atoms in total. The molecule has 0 fully saturated rings. The van der Waals surface area contributed by atoms with Crippen LogP contribution in [0.5, 0.6) is 28.7 Å². The second-order valence-corrected chi connectivity index (χ2v) is 7.58. The molecule has 0 unspecified atom stereocenters. The molecule has 0 bridgehead atoms. The number of nitrogens with zero attached hydrogens (tertiary/aromatic N) is 1. The third-order valence-corrected chi connectivity index (χ3v) is 5.40. The van der Waals surface area contributed by atoms with Crippen LogP contribution in [-0.2, 0) is 6.54 Å². The number of ether oxygens (including phenoxy) is 4. The molecule has 0 amide bonds. The van der Waals surface area contributed by atoms with Gasteiger partial charge in [-0.05, 0) is 56.3 Å². The first-order valence-corrected chi connectivity index (χ1v) is 10.8. The van der Waals surface area contributed by atoms with Gasteiger partial charge in [-0.15, -0.1) is 0 Å². The molecular weight excluding hydrogens is 410 g/mol. The van der Waals surface area contributed by atoms with Gasteiger partial charge < -0.3 is 24.1 Å². The van der Waals surface area contributed by atoms with Crippen molar-refractivity contribution in [3.8, 4) is 28.7 Å². The van der Waals surface area contributed by atoms with E-state index in [1.165, 1.54) is 14.2 Å². The molecule has 1 aliphatic heterocycles. The maximum Gasteiger partial charge on any atom is 0.231 e. The Labute approximate surface area is 189 Å². The van der Waals surface area contributed by atoms with E-state index in [9.17, 15) is 9.90 Å². The molecule has 0 spiro atoms. The van der Waals surface area contributed by atoms with Crippen LogP contribution in [0.15, 0.2) is 30.0 Å². The average molecular weight is 442 g/mol. The summed E-state index contributed by atoms with van der Waals surface area (Å²) in [6.07, 6.45) is 3.62. The monoisotopic (exact) mass is 441 g/mol. The minimum Gasteiger partial charge on any atom is -0.507 e. The summed E-state index contributed by atoms with van der Waals surface area (Å²) in [5, 5.41) is 10.5. The number of benzene rings is 2. The van der Waals surface area contributed by atoms with E-state index >= 15 is 0 Å². The molecule has 1 heterocycles. The van der Waals surface area contributed by atoms with E-state index < -0.39 is 0 Å². The summed E-state index contributed by atoms with van der Waals surface area (Å²) in [7, 11) is 4.60. The Balaban J connectivity index is 2.00. The lowest BCUT2D eigenvalue weighted by Crippen LogP contribution is -2.25. The predicted molar refractivity (Wildman–Crippen MR) is 123 cm³/mol. The largest absolute Gasteiger partial charge is 0.507 e. The van der Waals surface area contributed by atoms with Crippen LogP contribution in [0.4, 0.5) is 0 Å². The Morgan fingerprint density at radius 2 is 1.66 bits per heavy atom. The highest BCUT2D eigenvalue weighted by atomic mass is 16.5. The van der Waals surface area contributed by atoms with Gasteiger partial charge in [-0.25, -0.2) is 0 Å². The molecule has 1 N–H and O–H groups in total. The van der Waals surface area contributed by atoms with E-state index in [0.29, 0.717) is 46.2 Å². The molecule has 0 aliphatic carbocycles. The SMILES string of the molecule is CCCN(CCC)Cc1c(O)ccc2c1O/C(=C/c1ccc(OC)c(OC)c1OC)C2=O. The van der Waals surface area contributed by atoms with E-state index in [-0.39, 0.29) is 17.3 Å². The molecule has 0 saturated carbocycles. The van der Waals surface area contributed by atoms with E-state index in [0.717, 1.165) is 25.9 Å². The van der Waals surface area contributed by atoms with E-state index in [1.807, 2.05) is 0 Å². The molecule has 0 atom stereocenters. The van der Waals surface area contributed by atoms with Crippen LogP contribution in [0.3, 0.4) is 0 Å². The van der Waals surface area contributed by atoms with Crippen LogP contribution in [0.2, 0.25) is 0 Å². The number of fused-ring (bicyclic) bond motifs is 1. The molecule has 172 valence electrons. The number of carbonyl (C=O) groups excluding carboxylic acids is 1. The van der Waals surface area contributed by atoms with Crippen molar-refractivity contribution < 1.29 is 28.8 Å². The number of ketones is 1. The Morgan fingerprint density at radius 3 is 2.25 bits per heavy atom. The summed E-state index contributed by atoms with van der Waals surface area (Å²) < 4.78 is 22.3. The summed E-state index contributed by atoms with van der Waals surface area (Å²) in [6, 6.07) is 6.68. The molecule has 1 aliphatic rings. The smallest absolute Gasteiger partial charge is 0.231 e. The van der Waals surface area contributed by atoms with Crippen molar-refractivity contribution in [1.82, 2.24) is 4.90 Å². The van der Waals surface area contributed by atoms with Crippen LogP contribution in [0.1, 0.15) is 48.2 Å². The van der Waals surface area contributed by atoms with Gasteiger partial charge in [0.05, 0.1) is 32.5 Å². The first-order valence-electron chi connectivity index (χ1n) is 10.8. The van der Waals surface area contributed by atoms with Crippen molar-refractivity contribution in [3.05, 3.63) is 46.7 Å². The summed E-state index contributed by atoms with van der Waals surface area (Å²) in [4.78, 5) is 15.3. The van der Waals surface area contributed by atoms with Gasteiger partial charge >= 0.3 is 0 Å². The number of rotatable bonds is 10. The molecule has 7 heteroatoms. The molecule has 2 aromatic carbocycles. The van der Waals surface area contributed by atoms with Gasteiger partial charge in [0, 0.05) is 12.1 Å². The summed E-state index contributed by atoms with van der Waals surface area (Å²) in [5.74, 6) is 1.85. The van der Waals surface area contributed by atoms with E-state index in [2.05, 4.69) is 18.7 Å². The quantitative estimate of drug-likeness (QED) is 0.538. The number of methoxy groups -OCH3 is 3. The van der Waals surface area contributed by atoms with Crippen LogP contribution in [0.25, 0.3) is 6.08 Å². The Hall–Kier alpha value is -3.19. The van der Waals surface area contributed by atoms with Gasteiger partial charge in [0.1, 0.15) is 11.5 Å². The Kier molecular flexibility index (Phi) is 7.64. The lowest BCUT2D eigenvalue weighted by Gasteiger charge is -2.22. The standard InChI is InChI=1S/C25H31NO6/c1-6-12-26(13-7-2)15-18-19(27)10-9-17-22(28)21(32-24(17)18)14-16-8-11-20(29-3)25(31-5)23(16)30-4/h8-11,14,27H,6-7,12-13,15H2,1-5H3/b21-14+. The molecular formula is C25H31NO6. The van der Waals surface area contributed by atoms with E-state index in [4.69, 9.17) is 18.9 Å². The third-order valence-electron chi connectivity index (χ3n) is 5.40. The first kappa shape index (κ1) is 23.5. The van der Waals surface area contributed by atoms with Gasteiger partial charge in [-0.2, -0.15) is 0 Å². The number of hydrogen-bond donors (Lipinski definition) is 1. The van der Waals surface area contributed by atoms with Crippen molar-refractivity contribution in [2.75, 3.05) is 34.4 Å². The number of carbonyl (C=O) groups is 1. The highest BCUT2D eigenvalue weighted by molar-refractivity contribution is 6.15. The second kappa shape index (κ2) is 10.4. The highest BCUT2D eigenvalue weighted by Crippen LogP contribution is 2.43. The number of phenols is 1. The van der Waals surface area contributed by atoms with E-state index in [1.54, 1.807) is 37.5 Å². The number of Topliss-reactive ketones (excluding diaryl/α,β-unsaturated/α-hetero) is 1. The average Bonchev–Trinajstić information content (AvgIpc) is 3.10. The molecule has 0 aromatic heterocycles. The predicted octanol–water partition coefficient (Wildman–Crippen LogP) is 4.66. The topological polar surface area (TPSA) is 77.5 Å². The molecule has 3 rings (SSSR count). The zero-order chi connectivity index (χ0) is 23.3. The summed E-state index contributed by atoms with van der Waals surface area (Å²) in [6.45, 7) is 6.55. The lowest BCUT2D eigenvalue weighted by molar-refractivity contribution is 0.101. The van der Waals surface area contributed by atoms with Gasteiger partial charge in [-0.1, -0.05) is 13.8 Å². The number of aromatic hydroxyl groups is 1. The van der Waals surface area contributed by atoms with Gasteiger partial charge in [0.2, 0.25) is 11.5 Å². The zero-order valence-electron chi connectivity index (χ0n) is 19.4. The van der Waals surface area contributed by atoms with Crippen molar-refractivity contribution in [2.24, 2.45) is 0 Å². The number of hydrogen-bond acceptors (Lipinski definition) is 7. The molecule has 0 radical (unpaired) electrons. The van der Waals surface area contributed by atoms with Gasteiger partial charge in [0.25, 0.3) is 0 Å². The second-order valence-electron chi connectivity index (χ2n) is 7.58. The molecule has 0 saturated heterocycles. The molecule has 32 heavy (non-hydrogen) atoms. The fourth-order valence-corrected chi connectivity index (χ4v) is 3.95. The fourth-order valence-electron chi connectivity index (χ4n) is 3.95. The Bertz CT molecular complexity index is 1010. The Morgan fingerprint density at radius 1 is 0.969 bits per heavy atom. The normalized spacial score (nSPS) is 13.9. The van der Waals surface area contributed by atoms with Crippen molar-refractivity contribution in [1.29, 1.82) is 0 Å².